The SMILES string of the molecule is Cc1ccc(NC(=O)N2Cc3c(C)nn(-c4ccccc4)c3-n3cccc3[C@H]2c2ccc(N(C)C)cc2)cc1C. The van der Waals surface area contributed by atoms with Crippen LogP contribution in [0.4, 0.5) is 16.2 Å². The topological polar surface area (TPSA) is 58.3 Å². The van der Waals surface area contributed by atoms with Gasteiger partial charge in [-0.3, -0.25) is 0 Å². The van der Waals surface area contributed by atoms with Gasteiger partial charge in [0.25, 0.3) is 0 Å². The molecule has 40 heavy (non-hydrogen) atoms. The third-order valence-corrected chi connectivity index (χ3v) is 7.83. The number of urea groups is 1. The van der Waals surface area contributed by atoms with Gasteiger partial charge in [0.2, 0.25) is 0 Å². The van der Waals surface area contributed by atoms with Crippen molar-refractivity contribution in [1.82, 2.24) is 19.2 Å². The second kappa shape index (κ2) is 10.1. The van der Waals surface area contributed by atoms with Crippen molar-refractivity contribution < 1.29 is 4.79 Å². The van der Waals surface area contributed by atoms with E-state index >= 15 is 0 Å². The number of carbonyl (C=O) groups is 1. The van der Waals surface area contributed by atoms with Crippen LogP contribution >= 0.6 is 0 Å². The highest BCUT2D eigenvalue weighted by Gasteiger charge is 2.36. The maximum atomic E-state index is 14.2. The van der Waals surface area contributed by atoms with Crippen molar-refractivity contribution in [2.75, 3.05) is 24.3 Å². The number of hydrogen-bond donors (Lipinski definition) is 1. The fraction of sp³-hybridized carbons (Fsp3) is 0.212. The number of nitrogens with one attached hydrogen (secondary N) is 1. The lowest BCUT2D eigenvalue weighted by atomic mass is 10.0. The predicted molar refractivity (Wildman–Crippen MR) is 161 cm³/mol. The first-order valence-electron chi connectivity index (χ1n) is 13.6. The molecule has 0 bridgehead atoms. The van der Waals surface area contributed by atoms with Crippen molar-refractivity contribution in [3.8, 4) is 11.5 Å². The summed E-state index contributed by atoms with van der Waals surface area (Å²) >= 11 is 0. The Balaban J connectivity index is 1.51. The summed E-state index contributed by atoms with van der Waals surface area (Å²) in [6.07, 6.45) is 2.07. The number of benzene rings is 3. The molecule has 0 unspecified atom stereocenters. The molecule has 0 saturated heterocycles. The van der Waals surface area contributed by atoms with Crippen LogP contribution in [0.3, 0.4) is 0 Å². The first-order chi connectivity index (χ1) is 19.3. The number of aryl methyl sites for hydroxylation is 3. The lowest BCUT2D eigenvalue weighted by Crippen LogP contribution is -2.38. The number of hydrogen-bond acceptors (Lipinski definition) is 3. The zero-order chi connectivity index (χ0) is 28.0. The molecule has 7 nitrogen and oxygen atoms in total. The van der Waals surface area contributed by atoms with Crippen LogP contribution in [0.1, 0.15) is 39.7 Å². The van der Waals surface area contributed by atoms with Crippen LogP contribution in [-0.4, -0.2) is 39.4 Å². The van der Waals surface area contributed by atoms with Crippen molar-refractivity contribution in [2.24, 2.45) is 0 Å². The molecule has 0 radical (unpaired) electrons. The fourth-order valence-corrected chi connectivity index (χ4v) is 5.47. The molecule has 3 heterocycles. The number of para-hydroxylation sites is 1. The highest BCUT2D eigenvalue weighted by Crippen LogP contribution is 2.39. The molecule has 5 aromatic rings. The second-order valence-electron chi connectivity index (χ2n) is 10.7. The molecule has 0 saturated carbocycles. The first-order valence-corrected chi connectivity index (χ1v) is 13.6. The molecule has 2 amide bonds. The molecule has 202 valence electrons. The van der Waals surface area contributed by atoms with E-state index in [9.17, 15) is 4.79 Å². The number of carbonyl (C=O) groups excluding carboxylic acids is 1. The smallest absolute Gasteiger partial charge is 0.322 e. The number of anilines is 2. The largest absolute Gasteiger partial charge is 0.378 e. The average molecular weight is 531 g/mol. The third-order valence-electron chi connectivity index (χ3n) is 7.83. The minimum Gasteiger partial charge on any atom is -0.378 e. The fourth-order valence-electron chi connectivity index (χ4n) is 5.47. The lowest BCUT2D eigenvalue weighted by Gasteiger charge is -2.31. The lowest BCUT2D eigenvalue weighted by molar-refractivity contribution is 0.194. The van der Waals surface area contributed by atoms with Crippen LogP contribution < -0.4 is 10.2 Å². The van der Waals surface area contributed by atoms with Gasteiger partial charge in [-0.2, -0.15) is 5.10 Å². The molecule has 2 aromatic heterocycles. The molecule has 1 N–H and O–H groups in total. The highest BCUT2D eigenvalue weighted by atomic mass is 16.2. The molecule has 0 fully saturated rings. The van der Waals surface area contributed by atoms with Crippen molar-refractivity contribution >= 4 is 17.4 Å². The summed E-state index contributed by atoms with van der Waals surface area (Å²) in [6.45, 7) is 6.57. The van der Waals surface area contributed by atoms with Gasteiger partial charge in [-0.1, -0.05) is 36.4 Å². The van der Waals surface area contributed by atoms with E-state index in [4.69, 9.17) is 5.10 Å². The minimum absolute atomic E-state index is 0.155. The Morgan fingerprint density at radius 2 is 1.65 bits per heavy atom. The van der Waals surface area contributed by atoms with Crippen LogP contribution in [-0.2, 0) is 6.54 Å². The van der Waals surface area contributed by atoms with E-state index in [0.717, 1.165) is 51.0 Å². The summed E-state index contributed by atoms with van der Waals surface area (Å²) in [5.41, 5.74) is 9.16. The van der Waals surface area contributed by atoms with Gasteiger partial charge in [0, 0.05) is 37.2 Å². The highest BCUT2D eigenvalue weighted by molar-refractivity contribution is 5.90. The Morgan fingerprint density at radius 1 is 0.900 bits per heavy atom. The molecular weight excluding hydrogens is 496 g/mol. The summed E-state index contributed by atoms with van der Waals surface area (Å²) in [7, 11) is 4.06. The molecule has 0 aliphatic carbocycles. The van der Waals surface area contributed by atoms with Gasteiger partial charge in [0.05, 0.1) is 29.7 Å². The van der Waals surface area contributed by atoms with Gasteiger partial charge in [-0.15, -0.1) is 0 Å². The number of rotatable bonds is 4. The Labute approximate surface area is 235 Å². The van der Waals surface area contributed by atoms with Gasteiger partial charge < -0.3 is 19.7 Å². The van der Waals surface area contributed by atoms with Gasteiger partial charge in [0.1, 0.15) is 5.82 Å². The van der Waals surface area contributed by atoms with Crippen molar-refractivity contribution in [3.63, 3.8) is 0 Å². The van der Waals surface area contributed by atoms with E-state index < -0.39 is 0 Å². The molecule has 6 rings (SSSR count). The molecule has 7 heteroatoms. The number of amides is 2. The summed E-state index contributed by atoms with van der Waals surface area (Å²) in [5.74, 6) is 0.958. The van der Waals surface area contributed by atoms with Crippen LogP contribution in [0.2, 0.25) is 0 Å². The van der Waals surface area contributed by atoms with E-state index in [2.05, 4.69) is 77.3 Å². The Morgan fingerprint density at radius 3 is 2.35 bits per heavy atom. The summed E-state index contributed by atoms with van der Waals surface area (Å²) in [4.78, 5) is 18.2. The first kappa shape index (κ1) is 25.5. The van der Waals surface area contributed by atoms with Crippen molar-refractivity contribution in [1.29, 1.82) is 0 Å². The van der Waals surface area contributed by atoms with E-state index in [1.807, 2.05) is 73.1 Å². The molecule has 1 atom stereocenters. The maximum Gasteiger partial charge on any atom is 0.322 e. The molecule has 0 spiro atoms. The molecule has 1 aliphatic heterocycles. The minimum atomic E-state index is -0.311. The zero-order valence-corrected chi connectivity index (χ0v) is 23.6. The van der Waals surface area contributed by atoms with Crippen molar-refractivity contribution in [2.45, 2.75) is 33.4 Å². The van der Waals surface area contributed by atoms with E-state index in [-0.39, 0.29) is 12.1 Å². The van der Waals surface area contributed by atoms with Gasteiger partial charge >= 0.3 is 6.03 Å². The van der Waals surface area contributed by atoms with Crippen LogP contribution in [0.5, 0.6) is 0 Å². The zero-order valence-electron chi connectivity index (χ0n) is 23.6. The average Bonchev–Trinajstić information content (AvgIpc) is 3.51. The normalized spacial score (nSPS) is 14.3. The van der Waals surface area contributed by atoms with Gasteiger partial charge in [0.15, 0.2) is 0 Å². The standard InChI is InChI=1S/C33H34N6O/c1-22-13-16-26(20-23(22)2)34-33(40)38-21-29-24(3)35-39(28-10-7-6-8-11-28)32(29)37-19-9-12-30(37)31(38)25-14-17-27(18-15-25)36(4)5/h6-20,31H,21H2,1-5H3,(H,34,40)/t31-/m1/s1. The van der Waals surface area contributed by atoms with E-state index in [1.165, 1.54) is 5.56 Å². The summed E-state index contributed by atoms with van der Waals surface area (Å²) in [5, 5.41) is 8.13. The Kier molecular flexibility index (Phi) is 6.42. The monoisotopic (exact) mass is 530 g/mol. The van der Waals surface area contributed by atoms with E-state index in [0.29, 0.717) is 6.54 Å². The van der Waals surface area contributed by atoms with E-state index in [1.54, 1.807) is 0 Å². The van der Waals surface area contributed by atoms with Crippen LogP contribution in [0.25, 0.3) is 11.5 Å². The number of fused-ring (bicyclic) bond motifs is 3. The van der Waals surface area contributed by atoms with Crippen LogP contribution in [0.15, 0.2) is 91.1 Å². The summed E-state index contributed by atoms with van der Waals surface area (Å²) in [6, 6.07) is 28.3. The molecule has 3 aromatic carbocycles. The Hall–Kier alpha value is -4.78. The second-order valence-corrected chi connectivity index (χ2v) is 10.7. The third kappa shape index (κ3) is 4.43. The predicted octanol–water partition coefficient (Wildman–Crippen LogP) is 6.79. The quantitative estimate of drug-likeness (QED) is 0.278. The van der Waals surface area contributed by atoms with Gasteiger partial charge in [-0.25, -0.2) is 9.48 Å². The molecule has 1 aliphatic rings. The molecular formula is C33H34N6O. The van der Waals surface area contributed by atoms with Crippen molar-refractivity contribution in [3.05, 3.63) is 125 Å². The number of nitrogens with zero attached hydrogens (tertiary/aromatic N) is 5. The number of aromatic nitrogens is 3. The maximum absolute atomic E-state index is 14.2. The summed E-state index contributed by atoms with van der Waals surface area (Å²) < 4.78 is 4.18. The Bertz CT molecular complexity index is 1680. The van der Waals surface area contributed by atoms with Gasteiger partial charge in [-0.05, 0) is 86.0 Å². The van der Waals surface area contributed by atoms with Crippen LogP contribution in [0, 0.1) is 20.8 Å².